The third-order valence-corrected chi connectivity index (χ3v) is 3.76. The van der Waals surface area contributed by atoms with E-state index in [1.807, 2.05) is 0 Å². The zero-order chi connectivity index (χ0) is 14.6. The standard InChI is InChI=1S/C18H31NO/c1-3-5-6-15-20-18-12-10-17(11-13-18)16(8-4-2)9-7-14-19/h10-13,16H,3-9,14-15,19H2,1-2H3. The Morgan fingerprint density at radius 1 is 0.950 bits per heavy atom. The van der Waals surface area contributed by atoms with E-state index in [0.717, 1.165) is 31.7 Å². The molecule has 0 aromatic heterocycles. The van der Waals surface area contributed by atoms with Crippen molar-refractivity contribution in [1.29, 1.82) is 0 Å². The van der Waals surface area contributed by atoms with Crippen molar-refractivity contribution in [2.45, 2.75) is 64.7 Å². The van der Waals surface area contributed by atoms with E-state index in [0.29, 0.717) is 5.92 Å². The largest absolute Gasteiger partial charge is 0.494 e. The monoisotopic (exact) mass is 277 g/mol. The van der Waals surface area contributed by atoms with Crippen LogP contribution in [0.1, 0.15) is 70.3 Å². The molecule has 0 aliphatic rings. The molecule has 0 spiro atoms. The maximum absolute atomic E-state index is 5.76. The molecule has 2 N–H and O–H groups in total. The first kappa shape index (κ1) is 17.0. The summed E-state index contributed by atoms with van der Waals surface area (Å²) in [5, 5.41) is 0. The Hall–Kier alpha value is -1.02. The van der Waals surface area contributed by atoms with Gasteiger partial charge in [0.1, 0.15) is 5.75 Å². The second kappa shape index (κ2) is 10.7. The lowest BCUT2D eigenvalue weighted by atomic mass is 9.90. The van der Waals surface area contributed by atoms with Crippen LogP contribution in [-0.2, 0) is 0 Å². The Bertz CT molecular complexity index is 334. The van der Waals surface area contributed by atoms with Gasteiger partial charge in [-0.2, -0.15) is 0 Å². The van der Waals surface area contributed by atoms with E-state index < -0.39 is 0 Å². The van der Waals surface area contributed by atoms with Crippen molar-refractivity contribution in [3.63, 3.8) is 0 Å². The predicted octanol–water partition coefficient (Wildman–Crippen LogP) is 4.88. The highest BCUT2D eigenvalue weighted by Crippen LogP contribution is 2.27. The predicted molar refractivity (Wildman–Crippen MR) is 87.4 cm³/mol. The van der Waals surface area contributed by atoms with Gasteiger partial charge >= 0.3 is 0 Å². The summed E-state index contributed by atoms with van der Waals surface area (Å²) < 4.78 is 5.76. The second-order valence-electron chi connectivity index (χ2n) is 5.54. The maximum atomic E-state index is 5.76. The number of ether oxygens (including phenoxy) is 1. The van der Waals surface area contributed by atoms with Gasteiger partial charge in [-0.05, 0) is 55.8 Å². The Kier molecular flexibility index (Phi) is 9.14. The van der Waals surface area contributed by atoms with E-state index in [9.17, 15) is 0 Å². The average molecular weight is 277 g/mol. The van der Waals surface area contributed by atoms with E-state index in [-0.39, 0.29) is 0 Å². The summed E-state index contributed by atoms with van der Waals surface area (Å²) in [6.07, 6.45) is 8.41. The first-order valence-corrected chi connectivity index (χ1v) is 8.24. The van der Waals surface area contributed by atoms with Crippen LogP contribution in [0.5, 0.6) is 5.75 Å². The zero-order valence-corrected chi connectivity index (χ0v) is 13.2. The van der Waals surface area contributed by atoms with Gasteiger partial charge in [-0.25, -0.2) is 0 Å². The lowest BCUT2D eigenvalue weighted by Crippen LogP contribution is -2.04. The van der Waals surface area contributed by atoms with Gasteiger partial charge in [-0.15, -0.1) is 0 Å². The molecule has 0 aliphatic carbocycles. The lowest BCUT2D eigenvalue weighted by molar-refractivity contribution is 0.306. The SMILES string of the molecule is CCCCCOc1ccc(C(CCC)CCCN)cc1. The van der Waals surface area contributed by atoms with Crippen molar-refractivity contribution in [1.82, 2.24) is 0 Å². The fraction of sp³-hybridized carbons (Fsp3) is 0.667. The minimum atomic E-state index is 0.651. The smallest absolute Gasteiger partial charge is 0.119 e. The van der Waals surface area contributed by atoms with Crippen LogP contribution in [-0.4, -0.2) is 13.2 Å². The summed E-state index contributed by atoms with van der Waals surface area (Å²) in [6.45, 7) is 6.09. The maximum Gasteiger partial charge on any atom is 0.119 e. The fourth-order valence-corrected chi connectivity index (χ4v) is 2.57. The number of rotatable bonds is 11. The molecule has 0 fully saturated rings. The van der Waals surface area contributed by atoms with E-state index in [1.165, 1.54) is 37.7 Å². The Balaban J connectivity index is 2.49. The van der Waals surface area contributed by atoms with E-state index in [2.05, 4.69) is 38.1 Å². The quantitative estimate of drug-likeness (QED) is 0.585. The van der Waals surface area contributed by atoms with Crippen LogP contribution in [0.4, 0.5) is 0 Å². The summed E-state index contributed by atoms with van der Waals surface area (Å²) in [7, 11) is 0. The van der Waals surface area contributed by atoms with Crippen LogP contribution in [0.15, 0.2) is 24.3 Å². The molecule has 114 valence electrons. The molecule has 0 radical (unpaired) electrons. The van der Waals surface area contributed by atoms with Gasteiger partial charge in [0.05, 0.1) is 6.61 Å². The van der Waals surface area contributed by atoms with Crippen molar-refractivity contribution < 1.29 is 4.74 Å². The summed E-state index contributed by atoms with van der Waals surface area (Å²) in [4.78, 5) is 0. The molecule has 20 heavy (non-hydrogen) atoms. The number of unbranched alkanes of at least 4 members (excludes halogenated alkanes) is 2. The lowest BCUT2D eigenvalue weighted by Gasteiger charge is -2.17. The Morgan fingerprint density at radius 3 is 2.30 bits per heavy atom. The number of hydrogen-bond acceptors (Lipinski definition) is 2. The van der Waals surface area contributed by atoms with Gasteiger partial charge in [-0.1, -0.05) is 45.2 Å². The molecule has 1 atom stereocenters. The van der Waals surface area contributed by atoms with Gasteiger partial charge < -0.3 is 10.5 Å². The van der Waals surface area contributed by atoms with E-state index in [1.54, 1.807) is 0 Å². The molecule has 0 saturated heterocycles. The summed E-state index contributed by atoms with van der Waals surface area (Å²) >= 11 is 0. The van der Waals surface area contributed by atoms with Crippen LogP contribution < -0.4 is 10.5 Å². The molecule has 0 aliphatic heterocycles. The number of hydrogen-bond donors (Lipinski definition) is 1. The molecule has 1 rings (SSSR count). The Labute approximate surface area is 124 Å². The van der Waals surface area contributed by atoms with Gasteiger partial charge in [0.25, 0.3) is 0 Å². The van der Waals surface area contributed by atoms with Crippen molar-refractivity contribution >= 4 is 0 Å². The van der Waals surface area contributed by atoms with Gasteiger partial charge in [-0.3, -0.25) is 0 Å². The molecule has 0 bridgehead atoms. The third-order valence-electron chi connectivity index (χ3n) is 3.76. The highest BCUT2D eigenvalue weighted by molar-refractivity contribution is 5.29. The molecular formula is C18H31NO. The minimum absolute atomic E-state index is 0.651. The first-order valence-electron chi connectivity index (χ1n) is 8.24. The highest BCUT2D eigenvalue weighted by Gasteiger charge is 2.10. The van der Waals surface area contributed by atoms with E-state index >= 15 is 0 Å². The molecule has 1 unspecified atom stereocenters. The third kappa shape index (κ3) is 6.42. The minimum Gasteiger partial charge on any atom is -0.494 e. The van der Waals surface area contributed by atoms with Crippen LogP contribution in [0.2, 0.25) is 0 Å². The number of benzene rings is 1. The molecule has 0 saturated carbocycles. The van der Waals surface area contributed by atoms with Crippen molar-refractivity contribution in [3.8, 4) is 5.75 Å². The highest BCUT2D eigenvalue weighted by atomic mass is 16.5. The van der Waals surface area contributed by atoms with Crippen molar-refractivity contribution in [2.75, 3.05) is 13.2 Å². The van der Waals surface area contributed by atoms with Gasteiger partial charge in [0.15, 0.2) is 0 Å². The molecule has 2 nitrogen and oxygen atoms in total. The molecule has 0 amide bonds. The fourth-order valence-electron chi connectivity index (χ4n) is 2.57. The van der Waals surface area contributed by atoms with E-state index in [4.69, 9.17) is 10.5 Å². The Morgan fingerprint density at radius 2 is 1.70 bits per heavy atom. The van der Waals surface area contributed by atoms with Crippen LogP contribution >= 0.6 is 0 Å². The second-order valence-corrected chi connectivity index (χ2v) is 5.54. The normalized spacial score (nSPS) is 12.3. The van der Waals surface area contributed by atoms with Gasteiger partial charge in [0, 0.05) is 0 Å². The van der Waals surface area contributed by atoms with Crippen molar-refractivity contribution in [3.05, 3.63) is 29.8 Å². The number of nitrogens with two attached hydrogens (primary N) is 1. The van der Waals surface area contributed by atoms with Crippen LogP contribution in [0, 0.1) is 0 Å². The summed E-state index contributed by atoms with van der Waals surface area (Å²) in [5.74, 6) is 1.65. The van der Waals surface area contributed by atoms with Crippen LogP contribution in [0.25, 0.3) is 0 Å². The topological polar surface area (TPSA) is 35.2 Å². The molecule has 1 aromatic carbocycles. The zero-order valence-electron chi connectivity index (χ0n) is 13.2. The first-order chi connectivity index (χ1) is 9.81. The van der Waals surface area contributed by atoms with Gasteiger partial charge in [0.2, 0.25) is 0 Å². The average Bonchev–Trinajstić information content (AvgIpc) is 2.49. The van der Waals surface area contributed by atoms with Crippen molar-refractivity contribution in [2.24, 2.45) is 5.73 Å². The molecule has 2 heteroatoms. The molecule has 1 aromatic rings. The summed E-state index contributed by atoms with van der Waals surface area (Å²) in [6, 6.07) is 8.69. The summed E-state index contributed by atoms with van der Waals surface area (Å²) in [5.41, 5.74) is 7.07. The molecular weight excluding hydrogens is 246 g/mol. The van der Waals surface area contributed by atoms with Crippen LogP contribution in [0.3, 0.4) is 0 Å². The molecule has 0 heterocycles.